The summed E-state index contributed by atoms with van der Waals surface area (Å²) < 4.78 is 0. The molecule has 5 nitrogen and oxygen atoms in total. The second-order valence-electron chi connectivity index (χ2n) is 8.59. The third-order valence-corrected chi connectivity index (χ3v) is 6.88. The molecule has 29 heavy (non-hydrogen) atoms. The molecule has 1 aromatic carbocycles. The molecule has 0 aliphatic carbocycles. The first-order chi connectivity index (χ1) is 14.1. The number of fused-ring (bicyclic) bond motifs is 3. The van der Waals surface area contributed by atoms with Crippen LogP contribution in [0.3, 0.4) is 0 Å². The summed E-state index contributed by atoms with van der Waals surface area (Å²) in [5.74, 6) is 3.89. The minimum absolute atomic E-state index is 0.154. The van der Waals surface area contributed by atoms with Crippen LogP contribution in [-0.2, 0) is 12.0 Å². The van der Waals surface area contributed by atoms with E-state index in [1.165, 1.54) is 0 Å². The van der Waals surface area contributed by atoms with Crippen LogP contribution in [-0.4, -0.2) is 58.4 Å². The van der Waals surface area contributed by atoms with E-state index in [1.807, 2.05) is 30.3 Å². The lowest BCUT2D eigenvalue weighted by atomic mass is 9.66. The molecule has 1 unspecified atom stereocenters. The molecule has 0 radical (unpaired) electrons. The van der Waals surface area contributed by atoms with E-state index < -0.39 is 5.60 Å². The van der Waals surface area contributed by atoms with Gasteiger partial charge in [-0.2, -0.15) is 0 Å². The van der Waals surface area contributed by atoms with E-state index in [9.17, 15) is 10.2 Å². The van der Waals surface area contributed by atoms with E-state index in [0.29, 0.717) is 19.5 Å². The number of rotatable bonds is 4. The Bertz CT molecular complexity index is 927. The van der Waals surface area contributed by atoms with Crippen molar-refractivity contribution in [3.63, 3.8) is 0 Å². The number of aromatic nitrogens is 1. The van der Waals surface area contributed by atoms with Crippen molar-refractivity contribution in [3.8, 4) is 12.3 Å². The number of aliphatic hydroxyl groups excluding tert-OH is 1. The Kier molecular flexibility index (Phi) is 4.59. The number of piperidine rings is 3. The third kappa shape index (κ3) is 3.03. The summed E-state index contributed by atoms with van der Waals surface area (Å²) in [5, 5.41) is 21.7. The van der Waals surface area contributed by atoms with Gasteiger partial charge in [0, 0.05) is 25.1 Å². The zero-order valence-electron chi connectivity index (χ0n) is 16.5. The van der Waals surface area contributed by atoms with Gasteiger partial charge in [0.1, 0.15) is 17.5 Å². The maximum atomic E-state index is 12.0. The van der Waals surface area contributed by atoms with Crippen LogP contribution in [0.15, 0.2) is 42.5 Å². The predicted molar refractivity (Wildman–Crippen MR) is 113 cm³/mol. The SMILES string of the molecule is C#CC1N2CCC(CC2)[C@@]1(O)c1ccc(N2CC(O)C2)nc1Cc1ccccc1. The number of terminal acetylenes is 1. The van der Waals surface area contributed by atoms with Crippen LogP contribution >= 0.6 is 0 Å². The van der Waals surface area contributed by atoms with Crippen LogP contribution in [0.2, 0.25) is 0 Å². The fourth-order valence-electron chi connectivity index (χ4n) is 5.30. The van der Waals surface area contributed by atoms with Gasteiger partial charge in [-0.15, -0.1) is 6.42 Å². The molecule has 4 aliphatic heterocycles. The second-order valence-corrected chi connectivity index (χ2v) is 8.59. The molecule has 2 N–H and O–H groups in total. The monoisotopic (exact) mass is 389 g/mol. The van der Waals surface area contributed by atoms with E-state index in [-0.39, 0.29) is 18.1 Å². The van der Waals surface area contributed by atoms with Crippen LogP contribution in [0.1, 0.15) is 29.7 Å². The van der Waals surface area contributed by atoms with Crippen molar-refractivity contribution in [3.05, 3.63) is 59.3 Å². The Balaban J connectivity index is 1.59. The molecule has 0 spiro atoms. The lowest BCUT2D eigenvalue weighted by Crippen LogP contribution is -2.63. The number of hydrogen-bond donors (Lipinski definition) is 2. The summed E-state index contributed by atoms with van der Waals surface area (Å²) in [6.07, 6.45) is 8.20. The minimum Gasteiger partial charge on any atom is -0.389 e. The highest BCUT2D eigenvalue weighted by atomic mass is 16.3. The van der Waals surface area contributed by atoms with E-state index in [4.69, 9.17) is 11.4 Å². The molecule has 5 heteroatoms. The van der Waals surface area contributed by atoms with Gasteiger partial charge in [0.15, 0.2) is 0 Å². The molecule has 2 bridgehead atoms. The summed E-state index contributed by atoms with van der Waals surface area (Å²) in [6, 6.07) is 13.9. The topological polar surface area (TPSA) is 59.8 Å². The Morgan fingerprint density at radius 2 is 1.83 bits per heavy atom. The average molecular weight is 389 g/mol. The summed E-state index contributed by atoms with van der Waals surface area (Å²) in [7, 11) is 0. The fraction of sp³-hybridized carbons (Fsp3) is 0.458. The molecular formula is C24H27N3O2. The van der Waals surface area contributed by atoms with Crippen molar-refractivity contribution < 1.29 is 10.2 Å². The van der Waals surface area contributed by atoms with Gasteiger partial charge in [-0.05, 0) is 43.5 Å². The van der Waals surface area contributed by atoms with E-state index in [0.717, 1.165) is 48.6 Å². The van der Waals surface area contributed by atoms with Gasteiger partial charge in [0.05, 0.1) is 11.8 Å². The van der Waals surface area contributed by atoms with Crippen LogP contribution in [0, 0.1) is 18.3 Å². The van der Waals surface area contributed by atoms with E-state index in [2.05, 4.69) is 27.9 Å². The Morgan fingerprint density at radius 1 is 1.10 bits per heavy atom. The van der Waals surface area contributed by atoms with Crippen molar-refractivity contribution in [2.24, 2.45) is 5.92 Å². The number of aliphatic hydroxyl groups is 2. The molecule has 6 rings (SSSR count). The molecule has 150 valence electrons. The number of hydrogen-bond acceptors (Lipinski definition) is 5. The Morgan fingerprint density at radius 3 is 2.48 bits per heavy atom. The van der Waals surface area contributed by atoms with Crippen LogP contribution in [0.25, 0.3) is 0 Å². The summed E-state index contributed by atoms with van der Waals surface area (Å²) in [6.45, 7) is 3.11. The molecule has 5 heterocycles. The maximum absolute atomic E-state index is 12.0. The van der Waals surface area contributed by atoms with Crippen molar-refractivity contribution in [1.82, 2.24) is 9.88 Å². The Hall–Kier alpha value is -2.39. The third-order valence-electron chi connectivity index (χ3n) is 6.88. The molecule has 4 fully saturated rings. The quantitative estimate of drug-likeness (QED) is 0.781. The van der Waals surface area contributed by atoms with Crippen molar-refractivity contribution in [1.29, 1.82) is 0 Å². The van der Waals surface area contributed by atoms with Gasteiger partial charge in [-0.25, -0.2) is 4.98 Å². The number of β-amino-alcohol motifs (C(OH)–C–C–N with tert-alkyl or cyclic N) is 1. The first-order valence-corrected chi connectivity index (χ1v) is 10.5. The average Bonchev–Trinajstić information content (AvgIpc) is 2.73. The number of nitrogens with zero attached hydrogens (tertiary/aromatic N) is 3. The highest BCUT2D eigenvalue weighted by Gasteiger charge is 2.54. The number of anilines is 1. The lowest BCUT2D eigenvalue weighted by molar-refractivity contribution is -0.143. The molecule has 0 amide bonds. The standard InChI is InChI=1S/C24H27N3O2/c1-2-22-24(29,18-10-12-26(22)13-11-18)20-8-9-23(27-15-19(28)16-27)25-21(20)14-17-6-4-3-5-7-17/h1,3-9,18-19,22,28-29H,10-16H2/t22?,24-/m1/s1. The molecule has 2 aromatic rings. The largest absolute Gasteiger partial charge is 0.389 e. The predicted octanol–water partition coefficient (Wildman–Crippen LogP) is 1.77. The van der Waals surface area contributed by atoms with Crippen molar-refractivity contribution in [2.45, 2.75) is 37.0 Å². The van der Waals surface area contributed by atoms with Crippen LogP contribution in [0.5, 0.6) is 0 Å². The summed E-state index contributed by atoms with van der Waals surface area (Å²) in [4.78, 5) is 9.28. The molecule has 1 aromatic heterocycles. The second kappa shape index (κ2) is 7.14. The fourth-order valence-corrected chi connectivity index (χ4v) is 5.30. The molecule has 4 aliphatic rings. The summed E-state index contributed by atoms with van der Waals surface area (Å²) in [5.41, 5.74) is 1.83. The molecule has 2 atom stereocenters. The molecular weight excluding hydrogens is 362 g/mol. The summed E-state index contributed by atoms with van der Waals surface area (Å²) >= 11 is 0. The van der Waals surface area contributed by atoms with Gasteiger partial charge in [0.25, 0.3) is 0 Å². The van der Waals surface area contributed by atoms with Gasteiger partial charge in [0.2, 0.25) is 0 Å². The smallest absolute Gasteiger partial charge is 0.129 e. The van der Waals surface area contributed by atoms with Gasteiger partial charge in [-0.1, -0.05) is 42.3 Å². The van der Waals surface area contributed by atoms with Crippen LogP contribution in [0.4, 0.5) is 5.82 Å². The van der Waals surface area contributed by atoms with Gasteiger partial charge in [-0.3, -0.25) is 4.90 Å². The molecule has 4 saturated heterocycles. The minimum atomic E-state index is -1.07. The highest BCUT2D eigenvalue weighted by molar-refractivity contribution is 5.48. The van der Waals surface area contributed by atoms with Crippen molar-refractivity contribution >= 4 is 5.82 Å². The Labute approximate surface area is 172 Å². The number of pyridine rings is 1. The van der Waals surface area contributed by atoms with E-state index in [1.54, 1.807) is 0 Å². The maximum Gasteiger partial charge on any atom is 0.129 e. The van der Waals surface area contributed by atoms with Gasteiger partial charge < -0.3 is 15.1 Å². The molecule has 0 saturated carbocycles. The normalized spacial score (nSPS) is 31.3. The highest BCUT2D eigenvalue weighted by Crippen LogP contribution is 2.48. The van der Waals surface area contributed by atoms with Gasteiger partial charge >= 0.3 is 0 Å². The zero-order chi connectivity index (χ0) is 20.0. The van der Waals surface area contributed by atoms with Crippen LogP contribution < -0.4 is 4.90 Å². The first-order valence-electron chi connectivity index (χ1n) is 10.5. The number of benzene rings is 1. The van der Waals surface area contributed by atoms with E-state index >= 15 is 0 Å². The van der Waals surface area contributed by atoms with Crippen molar-refractivity contribution in [2.75, 3.05) is 31.1 Å². The zero-order valence-corrected chi connectivity index (χ0v) is 16.5. The lowest BCUT2D eigenvalue weighted by Gasteiger charge is -2.54. The first kappa shape index (κ1) is 18.6.